The molecule has 0 fully saturated rings. The van der Waals surface area contributed by atoms with Gasteiger partial charge in [0.25, 0.3) is 5.56 Å². The molecule has 148 valence electrons. The first-order valence-electron chi connectivity index (χ1n) is 9.34. The number of nitrogens with one attached hydrogen (secondary N) is 1. The van der Waals surface area contributed by atoms with Crippen LogP contribution in [0.4, 0.5) is 4.39 Å². The van der Waals surface area contributed by atoms with Crippen molar-refractivity contribution in [3.63, 3.8) is 0 Å². The lowest BCUT2D eigenvalue weighted by Crippen LogP contribution is -2.26. The minimum Gasteiger partial charge on any atom is -0.352 e. The number of rotatable bonds is 6. The van der Waals surface area contributed by atoms with Crippen molar-refractivity contribution in [2.75, 3.05) is 0 Å². The van der Waals surface area contributed by atoms with Crippen LogP contribution in [0, 0.1) is 5.82 Å². The minimum atomic E-state index is -0.336. The van der Waals surface area contributed by atoms with Gasteiger partial charge in [-0.2, -0.15) is 0 Å². The molecule has 0 unspecified atom stereocenters. The lowest BCUT2D eigenvalue weighted by Gasteiger charge is -2.13. The molecule has 0 spiro atoms. The number of halogens is 2. The van der Waals surface area contributed by atoms with Crippen LogP contribution < -0.4 is 10.9 Å². The van der Waals surface area contributed by atoms with Crippen LogP contribution in [-0.2, 0) is 17.9 Å². The highest BCUT2D eigenvalue weighted by Gasteiger charge is 2.12. The van der Waals surface area contributed by atoms with E-state index in [0.717, 1.165) is 15.5 Å². The van der Waals surface area contributed by atoms with Crippen molar-refractivity contribution in [3.8, 4) is 0 Å². The fourth-order valence-corrected chi connectivity index (χ4v) is 3.82. The van der Waals surface area contributed by atoms with Crippen molar-refractivity contribution >= 4 is 38.4 Å². The highest BCUT2D eigenvalue weighted by molar-refractivity contribution is 9.10. The first-order chi connectivity index (χ1) is 14.0. The van der Waals surface area contributed by atoms with Gasteiger partial charge >= 0.3 is 0 Å². The third kappa shape index (κ3) is 3.96. The number of benzene rings is 2. The van der Waals surface area contributed by atoms with Crippen LogP contribution in [0.15, 0.2) is 70.1 Å². The monoisotopic (exact) mass is 455 g/mol. The Balaban J connectivity index is 1.48. The van der Waals surface area contributed by atoms with Crippen LogP contribution in [0.5, 0.6) is 0 Å². The van der Waals surface area contributed by atoms with Gasteiger partial charge in [-0.05, 0) is 42.8 Å². The molecule has 0 saturated heterocycles. The second kappa shape index (κ2) is 8.21. The van der Waals surface area contributed by atoms with E-state index in [9.17, 15) is 14.0 Å². The Labute approximate surface area is 174 Å². The molecule has 0 aliphatic heterocycles. The molecule has 0 atom stereocenters. The number of aromatic nitrogens is 2. The third-order valence-corrected chi connectivity index (χ3v) is 5.41. The van der Waals surface area contributed by atoms with Crippen LogP contribution >= 0.6 is 15.9 Å². The van der Waals surface area contributed by atoms with Gasteiger partial charge in [0.15, 0.2) is 0 Å². The number of nitrogens with zero attached hydrogens (tertiary/aromatic N) is 2. The van der Waals surface area contributed by atoms with E-state index in [1.54, 1.807) is 28.8 Å². The summed E-state index contributed by atoms with van der Waals surface area (Å²) in [6, 6.07) is 15.8. The van der Waals surface area contributed by atoms with Crippen molar-refractivity contribution < 1.29 is 9.18 Å². The SMILES string of the molecule is O=C(CCCn1c(=O)c2cccn2c2ccc(Br)cc21)NCc1ccccc1F. The second-order valence-electron chi connectivity index (χ2n) is 6.82. The van der Waals surface area contributed by atoms with Gasteiger partial charge in [0.05, 0.1) is 11.0 Å². The van der Waals surface area contributed by atoms with Crippen molar-refractivity contribution in [1.82, 2.24) is 14.3 Å². The lowest BCUT2D eigenvalue weighted by molar-refractivity contribution is -0.121. The molecule has 2 heterocycles. The van der Waals surface area contributed by atoms with Crippen molar-refractivity contribution in [1.29, 1.82) is 0 Å². The molecule has 5 nitrogen and oxygen atoms in total. The Kier molecular flexibility index (Phi) is 5.49. The van der Waals surface area contributed by atoms with Crippen LogP contribution in [0.2, 0.25) is 0 Å². The molecule has 2 aromatic carbocycles. The number of fused-ring (bicyclic) bond motifs is 3. The maximum Gasteiger partial charge on any atom is 0.275 e. The third-order valence-electron chi connectivity index (χ3n) is 4.92. The molecule has 0 aliphatic carbocycles. The molecule has 2 aromatic heterocycles. The largest absolute Gasteiger partial charge is 0.352 e. The summed E-state index contributed by atoms with van der Waals surface area (Å²) in [5, 5.41) is 2.73. The van der Waals surface area contributed by atoms with E-state index in [1.165, 1.54) is 6.07 Å². The maximum atomic E-state index is 13.6. The molecular formula is C22H19BrFN3O2. The van der Waals surface area contributed by atoms with Gasteiger partial charge in [0.1, 0.15) is 11.3 Å². The molecule has 0 radical (unpaired) electrons. The molecule has 0 bridgehead atoms. The van der Waals surface area contributed by atoms with Gasteiger partial charge in [-0.1, -0.05) is 34.1 Å². The smallest absolute Gasteiger partial charge is 0.275 e. The van der Waals surface area contributed by atoms with Crippen molar-refractivity contribution in [2.24, 2.45) is 0 Å². The van der Waals surface area contributed by atoms with Gasteiger partial charge in [0, 0.05) is 35.7 Å². The minimum absolute atomic E-state index is 0.0904. The number of aryl methyl sites for hydroxylation is 1. The van der Waals surface area contributed by atoms with Gasteiger partial charge in [-0.25, -0.2) is 4.39 Å². The first kappa shape index (κ1) is 19.4. The highest BCUT2D eigenvalue weighted by atomic mass is 79.9. The molecule has 29 heavy (non-hydrogen) atoms. The Hall–Kier alpha value is -2.93. The zero-order valence-electron chi connectivity index (χ0n) is 15.6. The topological polar surface area (TPSA) is 55.5 Å². The molecular weight excluding hydrogens is 437 g/mol. The quantitative estimate of drug-likeness (QED) is 0.472. The Morgan fingerprint density at radius 3 is 2.69 bits per heavy atom. The molecule has 0 aliphatic rings. The standard InChI is InChI=1S/C22H19BrFN3O2/c23-16-9-10-18-20(13-16)27(22(29)19-7-3-11-26(18)19)12-4-8-21(28)25-14-15-5-1-2-6-17(15)24/h1-3,5-7,9-11,13H,4,8,12,14H2,(H,25,28). The van der Waals surface area contributed by atoms with Crippen LogP contribution in [0.1, 0.15) is 18.4 Å². The van der Waals surface area contributed by atoms with Gasteiger partial charge in [0.2, 0.25) is 5.91 Å². The number of carbonyl (C=O) groups is 1. The molecule has 1 amide bonds. The normalized spacial score (nSPS) is 11.2. The Morgan fingerprint density at radius 2 is 1.86 bits per heavy atom. The van der Waals surface area contributed by atoms with Crippen LogP contribution in [0.3, 0.4) is 0 Å². The molecule has 1 N–H and O–H groups in total. The summed E-state index contributed by atoms with van der Waals surface area (Å²) in [5.74, 6) is -0.507. The lowest BCUT2D eigenvalue weighted by atomic mass is 10.2. The zero-order valence-corrected chi connectivity index (χ0v) is 17.2. The summed E-state index contributed by atoms with van der Waals surface area (Å²) in [6.07, 6.45) is 2.62. The van der Waals surface area contributed by atoms with Crippen molar-refractivity contribution in [3.05, 3.63) is 87.0 Å². The number of carbonyl (C=O) groups excluding carboxylic acids is 1. The van der Waals surface area contributed by atoms with Gasteiger partial charge in [-0.15, -0.1) is 0 Å². The predicted octanol–water partition coefficient (Wildman–Crippen LogP) is 4.25. The van der Waals surface area contributed by atoms with Gasteiger partial charge < -0.3 is 14.3 Å². The Morgan fingerprint density at radius 1 is 1.03 bits per heavy atom. The Bertz CT molecular complexity index is 1260. The van der Waals surface area contributed by atoms with E-state index < -0.39 is 0 Å². The fraction of sp³-hybridized carbons (Fsp3) is 0.182. The van der Waals surface area contributed by atoms with E-state index in [1.807, 2.05) is 34.9 Å². The summed E-state index contributed by atoms with van der Waals surface area (Å²) >= 11 is 3.47. The number of hydrogen-bond donors (Lipinski definition) is 1. The first-order valence-corrected chi connectivity index (χ1v) is 10.1. The average Bonchev–Trinajstić information content (AvgIpc) is 3.20. The molecule has 4 aromatic rings. The zero-order chi connectivity index (χ0) is 20.4. The van der Waals surface area contributed by atoms with E-state index in [2.05, 4.69) is 21.2 Å². The maximum absolute atomic E-state index is 13.6. The number of hydrogen-bond acceptors (Lipinski definition) is 2. The van der Waals surface area contributed by atoms with Crippen LogP contribution in [-0.4, -0.2) is 14.9 Å². The molecule has 7 heteroatoms. The van der Waals surface area contributed by atoms with E-state index in [-0.39, 0.29) is 30.2 Å². The fourth-order valence-electron chi connectivity index (χ4n) is 3.47. The average molecular weight is 456 g/mol. The summed E-state index contributed by atoms with van der Waals surface area (Å²) in [4.78, 5) is 25.1. The summed E-state index contributed by atoms with van der Waals surface area (Å²) in [5.41, 5.74) is 2.69. The highest BCUT2D eigenvalue weighted by Crippen LogP contribution is 2.20. The molecule has 0 saturated carbocycles. The van der Waals surface area contributed by atoms with Crippen LogP contribution in [0.25, 0.3) is 16.6 Å². The summed E-state index contributed by atoms with van der Waals surface area (Å²) in [7, 11) is 0. The van der Waals surface area contributed by atoms with E-state index in [0.29, 0.717) is 24.0 Å². The predicted molar refractivity (Wildman–Crippen MR) is 114 cm³/mol. The van der Waals surface area contributed by atoms with Gasteiger partial charge in [-0.3, -0.25) is 9.59 Å². The van der Waals surface area contributed by atoms with E-state index in [4.69, 9.17) is 0 Å². The molecule has 4 rings (SSSR count). The second-order valence-corrected chi connectivity index (χ2v) is 7.74. The van der Waals surface area contributed by atoms with E-state index >= 15 is 0 Å². The summed E-state index contributed by atoms with van der Waals surface area (Å²) < 4.78 is 18.1. The summed E-state index contributed by atoms with van der Waals surface area (Å²) in [6.45, 7) is 0.567. The van der Waals surface area contributed by atoms with Crippen molar-refractivity contribution in [2.45, 2.75) is 25.9 Å². The number of amides is 1.